The maximum atomic E-state index is 11.3. The van der Waals surface area contributed by atoms with Crippen LogP contribution in [0.3, 0.4) is 0 Å². The first-order valence-electron chi connectivity index (χ1n) is 5.36. The average molecular weight is 196 g/mol. The van der Waals surface area contributed by atoms with Gasteiger partial charge in [-0.2, -0.15) is 0 Å². The molecule has 0 saturated heterocycles. The van der Waals surface area contributed by atoms with E-state index in [1.54, 1.807) is 0 Å². The van der Waals surface area contributed by atoms with Crippen molar-refractivity contribution in [3.05, 3.63) is 12.7 Å². The van der Waals surface area contributed by atoms with Gasteiger partial charge in [-0.3, -0.25) is 4.79 Å². The van der Waals surface area contributed by atoms with Crippen LogP contribution in [-0.2, 0) is 4.79 Å². The van der Waals surface area contributed by atoms with E-state index in [4.69, 9.17) is 0 Å². The molecule has 14 heavy (non-hydrogen) atoms. The fourth-order valence-corrected chi connectivity index (χ4v) is 1.33. The zero-order valence-electron chi connectivity index (χ0n) is 8.88. The molecule has 0 heterocycles. The molecule has 2 N–H and O–H groups in total. The molecule has 1 rings (SSSR count). The molecule has 1 aliphatic carbocycles. The molecule has 0 bridgehead atoms. The number of rotatable bonds is 7. The molecule has 0 radical (unpaired) electrons. The van der Waals surface area contributed by atoms with Gasteiger partial charge in [0, 0.05) is 25.0 Å². The van der Waals surface area contributed by atoms with E-state index in [0.717, 1.165) is 13.0 Å². The highest BCUT2D eigenvalue weighted by molar-refractivity contribution is 5.76. The Hall–Kier alpha value is -0.830. The molecule has 1 saturated carbocycles. The Balaban J connectivity index is 1.98. The molecule has 0 aromatic heterocycles. The van der Waals surface area contributed by atoms with Gasteiger partial charge in [0.1, 0.15) is 0 Å². The highest BCUT2D eigenvalue weighted by Gasteiger charge is 2.20. The lowest BCUT2D eigenvalue weighted by Gasteiger charge is -2.11. The minimum absolute atomic E-state index is 0.132. The molecule has 3 heteroatoms. The second kappa shape index (κ2) is 5.81. The third kappa shape index (κ3) is 5.02. The Morgan fingerprint density at radius 2 is 2.36 bits per heavy atom. The molecular weight excluding hydrogens is 176 g/mol. The summed E-state index contributed by atoms with van der Waals surface area (Å²) in [4.78, 5) is 11.3. The Morgan fingerprint density at radius 3 is 2.93 bits per heavy atom. The first-order valence-corrected chi connectivity index (χ1v) is 5.36. The van der Waals surface area contributed by atoms with Crippen LogP contribution in [0.15, 0.2) is 12.7 Å². The second-order valence-electron chi connectivity index (χ2n) is 3.97. The van der Waals surface area contributed by atoms with E-state index in [9.17, 15) is 4.79 Å². The Bertz CT molecular complexity index is 199. The summed E-state index contributed by atoms with van der Waals surface area (Å²) in [5.74, 6) is 0.132. The summed E-state index contributed by atoms with van der Waals surface area (Å²) in [5.41, 5.74) is 0. The van der Waals surface area contributed by atoms with Gasteiger partial charge >= 0.3 is 0 Å². The smallest absolute Gasteiger partial charge is 0.221 e. The maximum Gasteiger partial charge on any atom is 0.221 e. The number of amides is 1. The summed E-state index contributed by atoms with van der Waals surface area (Å²) < 4.78 is 0. The molecule has 0 aromatic carbocycles. The van der Waals surface area contributed by atoms with Gasteiger partial charge in [-0.05, 0) is 26.2 Å². The molecule has 0 aromatic rings. The normalized spacial score (nSPS) is 17.5. The highest BCUT2D eigenvalue weighted by atomic mass is 16.1. The monoisotopic (exact) mass is 196 g/mol. The lowest BCUT2D eigenvalue weighted by molar-refractivity contribution is -0.121. The van der Waals surface area contributed by atoms with E-state index in [1.165, 1.54) is 12.8 Å². The van der Waals surface area contributed by atoms with Gasteiger partial charge < -0.3 is 10.6 Å². The van der Waals surface area contributed by atoms with Gasteiger partial charge in [-0.15, -0.1) is 6.58 Å². The van der Waals surface area contributed by atoms with E-state index in [0.29, 0.717) is 12.5 Å². The fourth-order valence-electron chi connectivity index (χ4n) is 1.33. The highest BCUT2D eigenvalue weighted by Crippen LogP contribution is 2.18. The lowest BCUT2D eigenvalue weighted by Crippen LogP contribution is -2.34. The first kappa shape index (κ1) is 11.2. The van der Waals surface area contributed by atoms with Crippen LogP contribution >= 0.6 is 0 Å². The van der Waals surface area contributed by atoms with Crippen molar-refractivity contribution < 1.29 is 4.79 Å². The van der Waals surface area contributed by atoms with Crippen molar-refractivity contribution in [3.63, 3.8) is 0 Å². The van der Waals surface area contributed by atoms with Gasteiger partial charge in [0.2, 0.25) is 5.91 Å². The average Bonchev–Trinajstić information content (AvgIpc) is 2.88. The van der Waals surface area contributed by atoms with Crippen LogP contribution in [0.25, 0.3) is 0 Å². The summed E-state index contributed by atoms with van der Waals surface area (Å²) in [6.45, 7) is 6.43. The molecular formula is C11H20N2O. The minimum Gasteiger partial charge on any atom is -0.353 e. The summed E-state index contributed by atoms with van der Waals surface area (Å²) >= 11 is 0. The van der Waals surface area contributed by atoms with Crippen molar-refractivity contribution in [2.24, 2.45) is 0 Å². The third-order valence-electron chi connectivity index (χ3n) is 2.29. The Kier molecular flexibility index (Phi) is 4.66. The van der Waals surface area contributed by atoms with Crippen molar-refractivity contribution in [2.45, 2.75) is 44.7 Å². The number of hydrogen-bond acceptors (Lipinski definition) is 2. The number of carbonyl (C=O) groups is 1. The van der Waals surface area contributed by atoms with Crippen molar-refractivity contribution in [1.29, 1.82) is 0 Å². The van der Waals surface area contributed by atoms with E-state index < -0.39 is 0 Å². The first-order chi connectivity index (χ1) is 6.72. The largest absolute Gasteiger partial charge is 0.353 e. The van der Waals surface area contributed by atoms with Crippen LogP contribution in [0, 0.1) is 0 Å². The van der Waals surface area contributed by atoms with E-state index in [-0.39, 0.29) is 11.9 Å². The molecule has 1 atom stereocenters. The maximum absolute atomic E-state index is 11.3. The van der Waals surface area contributed by atoms with Gasteiger partial charge in [0.25, 0.3) is 0 Å². The summed E-state index contributed by atoms with van der Waals surface area (Å²) in [6.07, 6.45) is 5.79. The van der Waals surface area contributed by atoms with Gasteiger partial charge in [0.05, 0.1) is 0 Å². The van der Waals surface area contributed by atoms with E-state index >= 15 is 0 Å². The molecule has 1 aliphatic rings. The number of nitrogens with one attached hydrogen (secondary N) is 2. The van der Waals surface area contributed by atoms with Gasteiger partial charge in [0.15, 0.2) is 0 Å². The zero-order valence-corrected chi connectivity index (χ0v) is 8.88. The molecule has 1 unspecified atom stereocenters. The fraction of sp³-hybridized carbons (Fsp3) is 0.727. The Labute approximate surface area is 86.0 Å². The van der Waals surface area contributed by atoms with Crippen molar-refractivity contribution in [3.8, 4) is 0 Å². The topological polar surface area (TPSA) is 41.1 Å². The molecule has 1 fully saturated rings. The summed E-state index contributed by atoms with van der Waals surface area (Å²) in [6, 6.07) is 0.898. The standard InChI is InChI=1S/C11H20N2O/c1-3-4-9(2)13-11(14)7-8-12-10-5-6-10/h3,9-10,12H,1,4-8H2,2H3,(H,13,14). The predicted molar refractivity (Wildman–Crippen MR) is 58.1 cm³/mol. The van der Waals surface area contributed by atoms with Crippen LogP contribution in [0.1, 0.15) is 32.6 Å². The molecule has 0 spiro atoms. The van der Waals surface area contributed by atoms with Crippen LogP contribution in [-0.4, -0.2) is 24.5 Å². The second-order valence-corrected chi connectivity index (χ2v) is 3.97. The number of carbonyl (C=O) groups excluding carboxylic acids is 1. The van der Waals surface area contributed by atoms with Crippen molar-refractivity contribution >= 4 is 5.91 Å². The third-order valence-corrected chi connectivity index (χ3v) is 2.29. The number of hydrogen-bond donors (Lipinski definition) is 2. The summed E-state index contributed by atoms with van der Waals surface area (Å²) in [5, 5.41) is 6.24. The summed E-state index contributed by atoms with van der Waals surface area (Å²) in [7, 11) is 0. The predicted octanol–water partition coefficient (Wildman–Crippen LogP) is 1.21. The van der Waals surface area contributed by atoms with Crippen LogP contribution in [0.4, 0.5) is 0 Å². The van der Waals surface area contributed by atoms with Gasteiger partial charge in [-0.1, -0.05) is 6.08 Å². The lowest BCUT2D eigenvalue weighted by atomic mass is 10.2. The molecule has 3 nitrogen and oxygen atoms in total. The van der Waals surface area contributed by atoms with Crippen LogP contribution in [0.2, 0.25) is 0 Å². The Morgan fingerprint density at radius 1 is 1.64 bits per heavy atom. The van der Waals surface area contributed by atoms with Crippen LogP contribution < -0.4 is 10.6 Å². The van der Waals surface area contributed by atoms with E-state index in [1.807, 2.05) is 13.0 Å². The SMILES string of the molecule is C=CCC(C)NC(=O)CCNC1CC1. The van der Waals surface area contributed by atoms with Crippen molar-refractivity contribution in [2.75, 3.05) is 6.54 Å². The zero-order chi connectivity index (χ0) is 10.4. The molecule has 1 amide bonds. The molecule has 80 valence electrons. The molecule has 0 aliphatic heterocycles. The van der Waals surface area contributed by atoms with Crippen molar-refractivity contribution in [1.82, 2.24) is 10.6 Å². The quantitative estimate of drug-likeness (QED) is 0.601. The van der Waals surface area contributed by atoms with E-state index in [2.05, 4.69) is 17.2 Å². The van der Waals surface area contributed by atoms with Crippen LogP contribution in [0.5, 0.6) is 0 Å². The van der Waals surface area contributed by atoms with Gasteiger partial charge in [-0.25, -0.2) is 0 Å². The minimum atomic E-state index is 0.132.